The summed E-state index contributed by atoms with van der Waals surface area (Å²) in [5.74, 6) is 1.49. The van der Waals surface area contributed by atoms with Gasteiger partial charge in [-0.3, -0.25) is 9.78 Å². The lowest BCUT2D eigenvalue weighted by molar-refractivity contribution is 0.0699. The highest BCUT2D eigenvalue weighted by atomic mass is 16.2. The maximum atomic E-state index is 13.0. The Morgan fingerprint density at radius 2 is 1.86 bits per heavy atom. The van der Waals surface area contributed by atoms with Crippen molar-refractivity contribution in [2.75, 3.05) is 13.1 Å². The fourth-order valence-electron chi connectivity index (χ4n) is 3.34. The number of hydrogen-bond acceptors (Lipinski definition) is 2. The molecule has 0 unspecified atom stereocenters. The second-order valence-electron chi connectivity index (χ2n) is 6.86. The van der Waals surface area contributed by atoms with E-state index < -0.39 is 0 Å². The number of hydrogen-bond donors (Lipinski definition) is 0. The van der Waals surface area contributed by atoms with Gasteiger partial charge in [-0.05, 0) is 43.7 Å². The number of likely N-dealkylation sites (tertiary alicyclic amines) is 1. The summed E-state index contributed by atoms with van der Waals surface area (Å²) in [6, 6.07) is 10.1. The normalized spacial score (nSPS) is 19.6. The Balaban J connectivity index is 1.74. The molecular weight excluding hydrogens is 272 g/mol. The molecule has 2 aromatic rings. The van der Waals surface area contributed by atoms with Gasteiger partial charge in [0.1, 0.15) is 0 Å². The number of para-hydroxylation sites is 1. The zero-order valence-corrected chi connectivity index (χ0v) is 13.1. The minimum atomic E-state index is 0.187. The number of aromatic nitrogens is 1. The van der Waals surface area contributed by atoms with Crippen molar-refractivity contribution >= 4 is 16.8 Å². The smallest absolute Gasteiger partial charge is 0.254 e. The molecule has 3 heteroatoms. The average molecular weight is 294 g/mol. The Bertz CT molecular complexity index is 712. The zero-order chi connectivity index (χ0) is 15.1. The van der Waals surface area contributed by atoms with Crippen LogP contribution in [0.1, 0.15) is 54.6 Å². The van der Waals surface area contributed by atoms with E-state index in [4.69, 9.17) is 4.98 Å². The second-order valence-corrected chi connectivity index (χ2v) is 6.86. The highest BCUT2D eigenvalue weighted by Crippen LogP contribution is 2.40. The number of amides is 1. The predicted molar refractivity (Wildman–Crippen MR) is 88.0 cm³/mol. The van der Waals surface area contributed by atoms with Gasteiger partial charge in [0.05, 0.1) is 11.1 Å². The van der Waals surface area contributed by atoms with Gasteiger partial charge in [0.25, 0.3) is 5.91 Å². The molecule has 3 nitrogen and oxygen atoms in total. The minimum Gasteiger partial charge on any atom is -0.339 e. The summed E-state index contributed by atoms with van der Waals surface area (Å²) < 4.78 is 0. The molecule has 1 aromatic carbocycles. The minimum absolute atomic E-state index is 0.187. The molecule has 114 valence electrons. The molecule has 1 saturated carbocycles. The average Bonchev–Trinajstić information content (AvgIpc) is 3.39. The quantitative estimate of drug-likeness (QED) is 0.839. The summed E-state index contributed by atoms with van der Waals surface area (Å²) >= 11 is 0. The van der Waals surface area contributed by atoms with Crippen LogP contribution in [0, 0.1) is 5.92 Å². The van der Waals surface area contributed by atoms with Gasteiger partial charge in [-0.15, -0.1) is 0 Å². The fraction of sp³-hybridized carbons (Fsp3) is 0.474. The second kappa shape index (κ2) is 5.38. The van der Waals surface area contributed by atoms with E-state index in [2.05, 4.69) is 13.0 Å². The Morgan fingerprint density at radius 1 is 1.14 bits per heavy atom. The Hall–Kier alpha value is -1.90. The topological polar surface area (TPSA) is 33.2 Å². The lowest BCUT2D eigenvalue weighted by Crippen LogP contribution is -2.38. The van der Waals surface area contributed by atoms with Crippen LogP contribution in [0.2, 0.25) is 0 Å². The Morgan fingerprint density at radius 3 is 2.59 bits per heavy atom. The van der Waals surface area contributed by atoms with Crippen molar-refractivity contribution in [3.05, 3.63) is 41.6 Å². The van der Waals surface area contributed by atoms with Crippen molar-refractivity contribution in [3.8, 4) is 0 Å². The number of rotatable bonds is 2. The molecule has 2 aliphatic rings. The van der Waals surface area contributed by atoms with Crippen molar-refractivity contribution in [1.82, 2.24) is 9.88 Å². The lowest BCUT2D eigenvalue weighted by Gasteiger charge is -2.30. The van der Waals surface area contributed by atoms with Gasteiger partial charge in [-0.25, -0.2) is 0 Å². The number of piperidine rings is 1. The Kier molecular flexibility index (Phi) is 3.36. The third kappa shape index (κ3) is 2.49. The highest BCUT2D eigenvalue weighted by Gasteiger charge is 2.28. The molecular formula is C19H22N2O. The molecule has 0 bridgehead atoms. The van der Waals surface area contributed by atoms with Crippen molar-refractivity contribution in [2.45, 2.75) is 38.5 Å². The first-order valence-corrected chi connectivity index (χ1v) is 8.41. The van der Waals surface area contributed by atoms with E-state index in [-0.39, 0.29) is 5.91 Å². The van der Waals surface area contributed by atoms with Gasteiger partial charge in [0.15, 0.2) is 0 Å². The SMILES string of the molecule is CC1CCN(C(=O)c2cc(C3CC3)nc3ccccc23)CC1. The van der Waals surface area contributed by atoms with Gasteiger partial charge in [0.2, 0.25) is 0 Å². The van der Waals surface area contributed by atoms with E-state index in [1.54, 1.807) is 0 Å². The molecule has 0 atom stereocenters. The third-order valence-electron chi connectivity index (χ3n) is 5.03. The van der Waals surface area contributed by atoms with E-state index >= 15 is 0 Å². The first-order chi connectivity index (χ1) is 10.7. The van der Waals surface area contributed by atoms with E-state index in [1.165, 1.54) is 12.8 Å². The first-order valence-electron chi connectivity index (χ1n) is 8.41. The van der Waals surface area contributed by atoms with Crippen LogP contribution in [-0.2, 0) is 0 Å². The summed E-state index contributed by atoms with van der Waals surface area (Å²) in [4.78, 5) is 19.8. The molecule has 1 aliphatic carbocycles. The molecule has 2 fully saturated rings. The molecule has 22 heavy (non-hydrogen) atoms. The predicted octanol–water partition coefficient (Wildman–Crippen LogP) is 3.98. The third-order valence-corrected chi connectivity index (χ3v) is 5.03. The van der Waals surface area contributed by atoms with Crippen LogP contribution in [0.25, 0.3) is 10.9 Å². The molecule has 1 amide bonds. The van der Waals surface area contributed by atoms with Crippen molar-refractivity contribution in [1.29, 1.82) is 0 Å². The van der Waals surface area contributed by atoms with Crippen LogP contribution in [-0.4, -0.2) is 28.9 Å². The molecule has 2 heterocycles. The fourth-order valence-corrected chi connectivity index (χ4v) is 3.34. The van der Waals surface area contributed by atoms with E-state index in [9.17, 15) is 4.79 Å². The van der Waals surface area contributed by atoms with Crippen molar-refractivity contribution in [3.63, 3.8) is 0 Å². The van der Waals surface area contributed by atoms with Gasteiger partial charge < -0.3 is 4.90 Å². The van der Waals surface area contributed by atoms with Gasteiger partial charge >= 0.3 is 0 Å². The van der Waals surface area contributed by atoms with E-state index in [0.29, 0.717) is 5.92 Å². The van der Waals surface area contributed by atoms with Gasteiger partial charge in [-0.2, -0.15) is 0 Å². The molecule has 0 spiro atoms. The van der Waals surface area contributed by atoms with Crippen LogP contribution in [0.15, 0.2) is 30.3 Å². The van der Waals surface area contributed by atoms with Crippen LogP contribution in [0.3, 0.4) is 0 Å². The molecule has 0 radical (unpaired) electrons. The van der Waals surface area contributed by atoms with E-state index in [0.717, 1.165) is 54.0 Å². The number of benzene rings is 1. The van der Waals surface area contributed by atoms with Crippen molar-refractivity contribution < 1.29 is 4.79 Å². The number of nitrogens with zero attached hydrogens (tertiary/aromatic N) is 2. The summed E-state index contributed by atoms with van der Waals surface area (Å²) in [7, 11) is 0. The number of carbonyl (C=O) groups is 1. The summed E-state index contributed by atoms with van der Waals surface area (Å²) in [5, 5.41) is 0.996. The lowest BCUT2D eigenvalue weighted by atomic mass is 9.97. The molecule has 1 saturated heterocycles. The molecule has 4 rings (SSSR count). The molecule has 0 N–H and O–H groups in total. The van der Waals surface area contributed by atoms with Crippen LogP contribution >= 0.6 is 0 Å². The standard InChI is InChI=1S/C19H22N2O/c1-13-8-10-21(11-9-13)19(22)16-12-18(14-6-7-14)20-17-5-3-2-4-15(16)17/h2-5,12-14H,6-11H2,1H3. The van der Waals surface area contributed by atoms with Gasteiger partial charge in [0, 0.05) is 30.1 Å². The maximum absolute atomic E-state index is 13.0. The van der Waals surface area contributed by atoms with Crippen LogP contribution in [0.5, 0.6) is 0 Å². The number of fused-ring (bicyclic) bond motifs is 1. The Labute approximate surface area is 131 Å². The zero-order valence-electron chi connectivity index (χ0n) is 13.1. The maximum Gasteiger partial charge on any atom is 0.254 e. The summed E-state index contributed by atoms with van der Waals surface area (Å²) in [6.07, 6.45) is 4.65. The summed E-state index contributed by atoms with van der Waals surface area (Å²) in [5.41, 5.74) is 2.91. The van der Waals surface area contributed by atoms with Crippen molar-refractivity contribution in [2.24, 2.45) is 5.92 Å². The van der Waals surface area contributed by atoms with Crippen LogP contribution in [0.4, 0.5) is 0 Å². The highest BCUT2D eigenvalue weighted by molar-refractivity contribution is 6.06. The monoisotopic (exact) mass is 294 g/mol. The van der Waals surface area contributed by atoms with Crippen LogP contribution < -0.4 is 0 Å². The molecule has 1 aromatic heterocycles. The number of pyridine rings is 1. The summed E-state index contributed by atoms with van der Waals surface area (Å²) in [6.45, 7) is 4.04. The number of carbonyl (C=O) groups excluding carboxylic acids is 1. The first kappa shape index (κ1) is 13.7. The van der Waals surface area contributed by atoms with Gasteiger partial charge in [-0.1, -0.05) is 25.1 Å². The molecule has 1 aliphatic heterocycles. The van der Waals surface area contributed by atoms with E-state index in [1.807, 2.05) is 29.2 Å². The largest absolute Gasteiger partial charge is 0.339 e.